The van der Waals surface area contributed by atoms with Crippen LogP contribution in [-0.2, 0) is 0 Å². The van der Waals surface area contributed by atoms with E-state index in [4.69, 9.17) is 20.4 Å². The van der Waals surface area contributed by atoms with Crippen LogP contribution in [0.25, 0.3) is 0 Å². The van der Waals surface area contributed by atoms with Crippen molar-refractivity contribution in [1.82, 2.24) is 0 Å². The molecule has 0 unspecified atom stereocenters. The van der Waals surface area contributed by atoms with Gasteiger partial charge in [0, 0.05) is 0 Å². The molecule has 0 aliphatic heterocycles. The van der Waals surface area contributed by atoms with E-state index in [1.165, 1.54) is 24.3 Å². The molecule has 0 saturated heterocycles. The number of aromatic hydroxyl groups is 4. The molecular weight excluding hydrogens is 208 g/mol. The molecule has 0 bridgehead atoms. The molecule has 0 aliphatic carbocycles. The lowest BCUT2D eigenvalue weighted by molar-refractivity contribution is 0.404. The van der Waals surface area contributed by atoms with E-state index >= 15 is 0 Å². The van der Waals surface area contributed by atoms with Gasteiger partial charge >= 0.3 is 0 Å². The van der Waals surface area contributed by atoms with Crippen LogP contribution in [0.4, 0.5) is 0 Å². The second-order valence-corrected chi connectivity index (χ2v) is 2.98. The fourth-order valence-corrected chi connectivity index (χ4v) is 0.928. The van der Waals surface area contributed by atoms with Crippen molar-refractivity contribution in [3.8, 4) is 23.0 Å². The van der Waals surface area contributed by atoms with Gasteiger partial charge in [-0.3, -0.25) is 0 Å². The maximum atomic E-state index is 8.67. The number of rotatable bonds is 0. The van der Waals surface area contributed by atoms with E-state index < -0.39 is 0 Å². The SMILES string of the molecule is Oc1ccccc1O.Oc1ccccc1O. The summed E-state index contributed by atoms with van der Waals surface area (Å²) in [4.78, 5) is 0. The molecule has 2 aromatic carbocycles. The fraction of sp³-hybridized carbons (Fsp3) is 0. The first kappa shape index (κ1) is 11.7. The lowest BCUT2D eigenvalue weighted by atomic mass is 10.3. The highest BCUT2D eigenvalue weighted by atomic mass is 16.3. The maximum Gasteiger partial charge on any atom is 0.157 e. The number of benzene rings is 2. The lowest BCUT2D eigenvalue weighted by Gasteiger charge is -1.91. The molecule has 2 rings (SSSR count). The quantitative estimate of drug-likeness (QED) is 0.513. The third-order valence-electron chi connectivity index (χ3n) is 1.76. The van der Waals surface area contributed by atoms with Crippen LogP contribution in [0.2, 0.25) is 0 Å². The van der Waals surface area contributed by atoms with Gasteiger partial charge in [0.25, 0.3) is 0 Å². The second-order valence-electron chi connectivity index (χ2n) is 2.98. The highest BCUT2D eigenvalue weighted by molar-refractivity contribution is 5.36. The van der Waals surface area contributed by atoms with Crippen LogP contribution < -0.4 is 0 Å². The zero-order valence-corrected chi connectivity index (χ0v) is 8.41. The molecule has 4 nitrogen and oxygen atoms in total. The van der Waals surface area contributed by atoms with E-state index in [0.29, 0.717) is 0 Å². The molecule has 0 fully saturated rings. The Bertz CT molecular complexity index is 369. The van der Waals surface area contributed by atoms with Crippen LogP contribution in [0.3, 0.4) is 0 Å². The average Bonchev–Trinajstić information content (AvgIpc) is 2.28. The molecule has 0 heterocycles. The number of phenols is 4. The normalized spacial score (nSPS) is 9.00. The summed E-state index contributed by atoms with van der Waals surface area (Å²) in [6.07, 6.45) is 0. The summed E-state index contributed by atoms with van der Waals surface area (Å²) in [5.41, 5.74) is 0. The summed E-state index contributed by atoms with van der Waals surface area (Å²) in [6, 6.07) is 12.3. The summed E-state index contributed by atoms with van der Waals surface area (Å²) >= 11 is 0. The summed E-state index contributed by atoms with van der Waals surface area (Å²) in [6.45, 7) is 0. The van der Waals surface area contributed by atoms with Gasteiger partial charge in [0.2, 0.25) is 0 Å². The van der Waals surface area contributed by atoms with Gasteiger partial charge in [-0.1, -0.05) is 24.3 Å². The third kappa shape index (κ3) is 3.42. The molecule has 0 atom stereocenters. The summed E-state index contributed by atoms with van der Waals surface area (Å²) < 4.78 is 0. The molecule has 0 amide bonds. The Morgan fingerprint density at radius 3 is 0.750 bits per heavy atom. The summed E-state index contributed by atoms with van der Waals surface area (Å²) in [5, 5.41) is 34.7. The van der Waals surface area contributed by atoms with Crippen molar-refractivity contribution in [3.05, 3.63) is 48.5 Å². The standard InChI is InChI=1S/2C6H6O2/c2*7-5-3-1-2-4-6(5)8/h2*1-4,7-8H. The van der Waals surface area contributed by atoms with Crippen LogP contribution in [0.1, 0.15) is 0 Å². The first-order chi connectivity index (χ1) is 7.61. The van der Waals surface area contributed by atoms with Crippen molar-refractivity contribution in [3.63, 3.8) is 0 Å². The van der Waals surface area contributed by atoms with Crippen LogP contribution in [0.5, 0.6) is 23.0 Å². The van der Waals surface area contributed by atoms with Crippen molar-refractivity contribution in [1.29, 1.82) is 0 Å². The molecule has 0 spiro atoms. The van der Waals surface area contributed by atoms with Gasteiger partial charge < -0.3 is 20.4 Å². The average molecular weight is 220 g/mol. The Morgan fingerprint density at radius 1 is 0.438 bits per heavy atom. The molecule has 0 radical (unpaired) electrons. The van der Waals surface area contributed by atoms with Crippen LogP contribution >= 0.6 is 0 Å². The van der Waals surface area contributed by atoms with E-state index in [0.717, 1.165) is 0 Å². The minimum absolute atomic E-state index is 0.0764. The van der Waals surface area contributed by atoms with Gasteiger partial charge in [-0.2, -0.15) is 0 Å². The van der Waals surface area contributed by atoms with Crippen molar-refractivity contribution < 1.29 is 20.4 Å². The maximum absolute atomic E-state index is 8.67. The number of phenolic OH excluding ortho intramolecular Hbond substituents is 4. The van der Waals surface area contributed by atoms with E-state index in [1.807, 2.05) is 0 Å². The largest absolute Gasteiger partial charge is 0.504 e. The third-order valence-corrected chi connectivity index (χ3v) is 1.76. The van der Waals surface area contributed by atoms with E-state index in [9.17, 15) is 0 Å². The zero-order valence-electron chi connectivity index (χ0n) is 8.41. The van der Waals surface area contributed by atoms with Gasteiger partial charge in [-0.05, 0) is 24.3 Å². The predicted octanol–water partition coefficient (Wildman–Crippen LogP) is 2.20. The van der Waals surface area contributed by atoms with Crippen LogP contribution in [0.15, 0.2) is 48.5 Å². The predicted molar refractivity (Wildman–Crippen MR) is 59.5 cm³/mol. The Morgan fingerprint density at radius 2 is 0.625 bits per heavy atom. The Labute approximate surface area is 92.7 Å². The summed E-state index contributed by atoms with van der Waals surface area (Å²) in [5.74, 6) is -0.306. The smallest absolute Gasteiger partial charge is 0.157 e. The van der Waals surface area contributed by atoms with Crippen molar-refractivity contribution in [2.24, 2.45) is 0 Å². The molecular formula is C12H12O4. The zero-order chi connectivity index (χ0) is 12.0. The van der Waals surface area contributed by atoms with Gasteiger partial charge in [0.05, 0.1) is 0 Å². The molecule has 0 saturated carbocycles. The summed E-state index contributed by atoms with van der Waals surface area (Å²) in [7, 11) is 0. The molecule has 2 aromatic rings. The number of para-hydroxylation sites is 4. The van der Waals surface area contributed by atoms with Gasteiger partial charge in [-0.15, -0.1) is 0 Å². The van der Waals surface area contributed by atoms with E-state index in [2.05, 4.69) is 0 Å². The Kier molecular flexibility index (Phi) is 4.03. The minimum atomic E-state index is -0.0764. The van der Waals surface area contributed by atoms with Gasteiger partial charge in [0.15, 0.2) is 23.0 Å². The van der Waals surface area contributed by atoms with Gasteiger partial charge in [-0.25, -0.2) is 0 Å². The molecule has 84 valence electrons. The van der Waals surface area contributed by atoms with Crippen LogP contribution in [-0.4, -0.2) is 20.4 Å². The van der Waals surface area contributed by atoms with Crippen molar-refractivity contribution in [2.45, 2.75) is 0 Å². The monoisotopic (exact) mass is 220 g/mol. The lowest BCUT2D eigenvalue weighted by Crippen LogP contribution is -1.63. The minimum Gasteiger partial charge on any atom is -0.504 e. The van der Waals surface area contributed by atoms with E-state index in [-0.39, 0.29) is 23.0 Å². The highest BCUT2D eigenvalue weighted by Crippen LogP contribution is 2.21. The molecule has 16 heavy (non-hydrogen) atoms. The molecule has 0 aromatic heterocycles. The van der Waals surface area contributed by atoms with E-state index in [1.54, 1.807) is 24.3 Å². The number of hydrogen-bond donors (Lipinski definition) is 4. The number of hydrogen-bond acceptors (Lipinski definition) is 4. The molecule has 4 N–H and O–H groups in total. The Balaban J connectivity index is 0.000000160. The second kappa shape index (κ2) is 5.50. The fourth-order valence-electron chi connectivity index (χ4n) is 0.928. The molecule has 0 aliphatic rings. The molecule has 4 heteroatoms. The van der Waals surface area contributed by atoms with Crippen molar-refractivity contribution >= 4 is 0 Å². The van der Waals surface area contributed by atoms with Crippen molar-refractivity contribution in [2.75, 3.05) is 0 Å². The highest BCUT2D eigenvalue weighted by Gasteiger charge is 1.90. The first-order valence-corrected chi connectivity index (χ1v) is 4.55. The topological polar surface area (TPSA) is 80.9 Å². The first-order valence-electron chi connectivity index (χ1n) is 4.55. The van der Waals surface area contributed by atoms with Gasteiger partial charge in [0.1, 0.15) is 0 Å². The Hall–Kier alpha value is -2.36. The van der Waals surface area contributed by atoms with Crippen LogP contribution in [0, 0.1) is 0 Å².